The number of hydrogen-bond acceptors (Lipinski definition) is 6. The zero-order valence-electron chi connectivity index (χ0n) is 11.0. The standard InChI is InChI=1S/C12H14N2O6/c1-12(2)19-6-5-18-10(8(16)9(6)20-12)14-4-3-7(15)13-11(14)17/h3-4,6,9-10H,5H2,1-2H3,(H,13,15,17)/t6-,9-,10+/m1/s1. The van der Waals surface area contributed by atoms with Gasteiger partial charge in [-0.25, -0.2) is 4.79 Å². The van der Waals surface area contributed by atoms with Crippen LogP contribution < -0.4 is 11.2 Å². The molecule has 2 saturated heterocycles. The molecule has 0 bridgehead atoms. The molecule has 0 saturated carbocycles. The molecular weight excluding hydrogens is 268 g/mol. The van der Waals surface area contributed by atoms with Crippen molar-refractivity contribution in [1.29, 1.82) is 0 Å². The van der Waals surface area contributed by atoms with E-state index in [0.717, 1.165) is 10.6 Å². The number of hydrogen-bond donors (Lipinski definition) is 1. The Morgan fingerprint density at radius 1 is 1.30 bits per heavy atom. The summed E-state index contributed by atoms with van der Waals surface area (Å²) in [7, 11) is 0. The molecule has 0 amide bonds. The van der Waals surface area contributed by atoms with Crippen LogP contribution in [0.4, 0.5) is 0 Å². The number of aromatic amines is 1. The second-order valence-electron chi connectivity index (χ2n) is 5.20. The van der Waals surface area contributed by atoms with E-state index in [4.69, 9.17) is 14.2 Å². The van der Waals surface area contributed by atoms with Gasteiger partial charge in [0.15, 0.2) is 18.1 Å². The highest BCUT2D eigenvalue weighted by atomic mass is 16.8. The molecule has 3 atom stereocenters. The van der Waals surface area contributed by atoms with Crippen molar-refractivity contribution < 1.29 is 19.0 Å². The Hall–Kier alpha value is -1.77. The third kappa shape index (κ3) is 2.11. The molecule has 8 nitrogen and oxygen atoms in total. The number of carbonyl (C=O) groups excluding carboxylic acids is 1. The zero-order valence-corrected chi connectivity index (χ0v) is 11.0. The van der Waals surface area contributed by atoms with E-state index in [2.05, 4.69) is 4.98 Å². The van der Waals surface area contributed by atoms with Crippen LogP contribution in [0.5, 0.6) is 0 Å². The molecule has 0 spiro atoms. The fourth-order valence-corrected chi connectivity index (χ4v) is 2.44. The normalized spacial score (nSPS) is 32.1. The molecule has 20 heavy (non-hydrogen) atoms. The van der Waals surface area contributed by atoms with Gasteiger partial charge in [-0.05, 0) is 13.8 Å². The number of ether oxygens (including phenoxy) is 3. The van der Waals surface area contributed by atoms with Gasteiger partial charge in [0.2, 0.25) is 5.78 Å². The van der Waals surface area contributed by atoms with Crippen LogP contribution in [0, 0.1) is 0 Å². The van der Waals surface area contributed by atoms with E-state index in [-0.39, 0.29) is 6.61 Å². The SMILES string of the molecule is CC1(C)O[C@@H]2CO[C@H](n3ccc(=O)[nH]c3=O)C(=O)[C@@H]2O1. The summed E-state index contributed by atoms with van der Waals surface area (Å²) in [6.45, 7) is 3.55. The van der Waals surface area contributed by atoms with Crippen molar-refractivity contribution in [2.75, 3.05) is 6.61 Å². The molecule has 8 heteroatoms. The molecule has 0 radical (unpaired) electrons. The molecule has 2 aliphatic rings. The van der Waals surface area contributed by atoms with Crippen molar-refractivity contribution in [2.24, 2.45) is 0 Å². The Balaban J connectivity index is 1.92. The Morgan fingerprint density at radius 3 is 2.75 bits per heavy atom. The molecule has 3 heterocycles. The van der Waals surface area contributed by atoms with Crippen molar-refractivity contribution in [2.45, 2.75) is 38.1 Å². The maximum Gasteiger partial charge on any atom is 0.330 e. The maximum atomic E-state index is 12.4. The first-order valence-corrected chi connectivity index (χ1v) is 6.20. The van der Waals surface area contributed by atoms with Crippen LogP contribution >= 0.6 is 0 Å². The molecule has 1 N–H and O–H groups in total. The van der Waals surface area contributed by atoms with Gasteiger partial charge in [-0.15, -0.1) is 0 Å². The lowest BCUT2D eigenvalue weighted by Crippen LogP contribution is -2.48. The number of aromatic nitrogens is 2. The Labute approximate surface area is 113 Å². The fraction of sp³-hybridized carbons (Fsp3) is 0.583. The highest BCUT2D eigenvalue weighted by Gasteiger charge is 2.51. The van der Waals surface area contributed by atoms with Gasteiger partial charge in [0.25, 0.3) is 5.56 Å². The molecule has 3 rings (SSSR count). The molecule has 0 aromatic carbocycles. The lowest BCUT2D eigenvalue weighted by molar-refractivity contribution is -0.161. The molecule has 2 aliphatic heterocycles. The minimum absolute atomic E-state index is 0.135. The van der Waals surface area contributed by atoms with E-state index in [9.17, 15) is 14.4 Å². The van der Waals surface area contributed by atoms with Gasteiger partial charge in [0.1, 0.15) is 6.10 Å². The molecule has 2 fully saturated rings. The van der Waals surface area contributed by atoms with Crippen LogP contribution in [0.3, 0.4) is 0 Å². The van der Waals surface area contributed by atoms with Gasteiger partial charge in [-0.3, -0.25) is 19.1 Å². The van der Waals surface area contributed by atoms with Gasteiger partial charge in [-0.1, -0.05) is 0 Å². The molecule has 108 valence electrons. The third-order valence-electron chi connectivity index (χ3n) is 3.23. The Kier molecular flexibility index (Phi) is 2.89. The van der Waals surface area contributed by atoms with Crippen LogP contribution in [0.25, 0.3) is 0 Å². The summed E-state index contributed by atoms with van der Waals surface area (Å²) in [6.07, 6.45) is -1.14. The highest BCUT2D eigenvalue weighted by Crippen LogP contribution is 2.34. The van der Waals surface area contributed by atoms with Crippen LogP contribution in [0.15, 0.2) is 21.9 Å². The van der Waals surface area contributed by atoms with E-state index in [0.29, 0.717) is 0 Å². The lowest BCUT2D eigenvalue weighted by Gasteiger charge is -2.29. The number of carbonyl (C=O) groups is 1. The van der Waals surface area contributed by atoms with Crippen LogP contribution in [0.1, 0.15) is 20.1 Å². The number of H-pyrrole nitrogens is 1. The average Bonchev–Trinajstić information content (AvgIpc) is 2.66. The van der Waals surface area contributed by atoms with E-state index < -0.39 is 41.3 Å². The molecule has 0 unspecified atom stereocenters. The fourth-order valence-electron chi connectivity index (χ4n) is 2.44. The Morgan fingerprint density at radius 2 is 2.05 bits per heavy atom. The van der Waals surface area contributed by atoms with Gasteiger partial charge >= 0.3 is 5.69 Å². The smallest absolute Gasteiger partial charge is 0.330 e. The number of Topliss-reactive ketones (excluding diaryl/α,β-unsaturated/α-hetero) is 1. The number of ketones is 1. The van der Waals surface area contributed by atoms with E-state index >= 15 is 0 Å². The second kappa shape index (κ2) is 4.37. The topological polar surface area (TPSA) is 99.6 Å². The van der Waals surface area contributed by atoms with Crippen molar-refractivity contribution >= 4 is 5.78 Å². The van der Waals surface area contributed by atoms with Crippen LogP contribution in [-0.4, -0.2) is 39.9 Å². The lowest BCUT2D eigenvalue weighted by atomic mass is 10.1. The third-order valence-corrected chi connectivity index (χ3v) is 3.23. The molecule has 1 aromatic heterocycles. The van der Waals surface area contributed by atoms with E-state index in [1.807, 2.05) is 0 Å². The second-order valence-corrected chi connectivity index (χ2v) is 5.20. The van der Waals surface area contributed by atoms with E-state index in [1.54, 1.807) is 13.8 Å². The van der Waals surface area contributed by atoms with Gasteiger partial charge < -0.3 is 14.2 Å². The van der Waals surface area contributed by atoms with Gasteiger partial charge in [0, 0.05) is 12.3 Å². The van der Waals surface area contributed by atoms with Crippen molar-refractivity contribution in [3.05, 3.63) is 33.1 Å². The summed E-state index contributed by atoms with van der Waals surface area (Å²) in [4.78, 5) is 37.2. The van der Waals surface area contributed by atoms with Crippen molar-refractivity contribution in [1.82, 2.24) is 9.55 Å². The monoisotopic (exact) mass is 282 g/mol. The number of nitrogens with one attached hydrogen (secondary N) is 1. The number of rotatable bonds is 1. The van der Waals surface area contributed by atoms with Crippen LogP contribution in [0.2, 0.25) is 0 Å². The minimum Gasteiger partial charge on any atom is -0.348 e. The van der Waals surface area contributed by atoms with E-state index in [1.165, 1.54) is 6.20 Å². The minimum atomic E-state index is -1.11. The number of nitrogens with zero attached hydrogens (tertiary/aromatic N) is 1. The summed E-state index contributed by atoms with van der Waals surface area (Å²) in [5.41, 5.74) is -1.23. The molecule has 0 aliphatic carbocycles. The Bertz CT molecular complexity index is 660. The number of fused-ring (bicyclic) bond motifs is 1. The zero-order chi connectivity index (χ0) is 14.5. The predicted molar refractivity (Wildman–Crippen MR) is 65.1 cm³/mol. The summed E-state index contributed by atoms with van der Waals surface area (Å²) < 4.78 is 17.5. The average molecular weight is 282 g/mol. The van der Waals surface area contributed by atoms with Crippen molar-refractivity contribution in [3.63, 3.8) is 0 Å². The van der Waals surface area contributed by atoms with Crippen molar-refractivity contribution in [3.8, 4) is 0 Å². The first-order valence-electron chi connectivity index (χ1n) is 6.20. The summed E-state index contributed by atoms with van der Waals surface area (Å²) in [5.74, 6) is -1.26. The molecular formula is C12H14N2O6. The predicted octanol–water partition coefficient (Wildman–Crippen LogP) is -0.845. The highest BCUT2D eigenvalue weighted by molar-refractivity contribution is 5.87. The largest absolute Gasteiger partial charge is 0.348 e. The van der Waals surface area contributed by atoms with Crippen LogP contribution in [-0.2, 0) is 19.0 Å². The van der Waals surface area contributed by atoms with Gasteiger partial charge in [-0.2, -0.15) is 0 Å². The first-order chi connectivity index (χ1) is 9.37. The van der Waals surface area contributed by atoms with Gasteiger partial charge in [0.05, 0.1) is 6.61 Å². The summed E-state index contributed by atoms with van der Waals surface area (Å²) >= 11 is 0. The quantitative estimate of drug-likeness (QED) is 0.720. The molecule has 1 aromatic rings. The summed E-state index contributed by atoms with van der Waals surface area (Å²) in [5, 5.41) is 0. The first kappa shape index (κ1) is 13.2. The summed E-state index contributed by atoms with van der Waals surface area (Å²) in [6, 6.07) is 1.15. The maximum absolute atomic E-state index is 12.4.